The minimum atomic E-state index is -0.502. The largest absolute Gasteiger partial charge is 0.477 e. The van der Waals surface area contributed by atoms with E-state index >= 15 is 0 Å². The molecule has 1 aromatic carbocycles. The van der Waals surface area contributed by atoms with Crippen LogP contribution in [0.15, 0.2) is 44.6 Å². The smallest absolute Gasteiger partial charge is 0.310 e. The summed E-state index contributed by atoms with van der Waals surface area (Å²) in [5, 5.41) is 18.7. The maximum absolute atomic E-state index is 10.9. The van der Waals surface area contributed by atoms with Crippen molar-refractivity contribution in [2.24, 2.45) is 0 Å². The topological polar surface area (TPSA) is 91.3 Å². The second-order valence-electron chi connectivity index (χ2n) is 4.12. The molecule has 7 nitrogen and oxygen atoms in total. The fourth-order valence-corrected chi connectivity index (χ4v) is 3.02. The van der Waals surface area contributed by atoms with Gasteiger partial charge in [-0.3, -0.25) is 10.1 Å². The maximum Gasteiger partial charge on any atom is 0.310 e. The lowest BCUT2D eigenvalue weighted by Crippen LogP contribution is -1.99. The summed E-state index contributed by atoms with van der Waals surface area (Å²) in [6.45, 7) is -0.0373. The van der Waals surface area contributed by atoms with Crippen molar-refractivity contribution in [3.05, 3.63) is 56.2 Å². The van der Waals surface area contributed by atoms with Crippen molar-refractivity contribution < 1.29 is 14.1 Å². The third-order valence-electron chi connectivity index (χ3n) is 2.66. The Morgan fingerprint density at radius 2 is 2.09 bits per heavy atom. The first-order valence-corrected chi connectivity index (χ1v) is 7.69. The van der Waals surface area contributed by atoms with Crippen LogP contribution in [-0.4, -0.2) is 15.1 Å². The average molecular weight is 382 g/mol. The highest BCUT2D eigenvalue weighted by molar-refractivity contribution is 9.11. The molecule has 0 spiro atoms. The van der Waals surface area contributed by atoms with Gasteiger partial charge in [-0.15, -0.1) is 21.5 Å². The summed E-state index contributed by atoms with van der Waals surface area (Å²) >= 11 is 4.82. The predicted molar refractivity (Wildman–Crippen MR) is 82.7 cm³/mol. The molecular formula is C13H8BrN3O4S. The van der Waals surface area contributed by atoms with Crippen LogP contribution in [0.25, 0.3) is 10.8 Å². The lowest BCUT2D eigenvalue weighted by atomic mass is 10.3. The van der Waals surface area contributed by atoms with Crippen LogP contribution >= 0.6 is 27.3 Å². The number of benzene rings is 1. The number of nitrogens with zero attached hydrogens (tertiary/aromatic N) is 3. The highest BCUT2D eigenvalue weighted by Gasteiger charge is 2.16. The van der Waals surface area contributed by atoms with Gasteiger partial charge in [-0.1, -0.05) is 12.1 Å². The summed E-state index contributed by atoms with van der Waals surface area (Å²) in [5.41, 5.74) is -0.107. The van der Waals surface area contributed by atoms with Gasteiger partial charge in [-0.25, -0.2) is 0 Å². The second kappa shape index (κ2) is 6.24. The van der Waals surface area contributed by atoms with Gasteiger partial charge in [-0.05, 0) is 34.1 Å². The number of nitro benzene ring substituents is 1. The zero-order chi connectivity index (χ0) is 15.5. The summed E-state index contributed by atoms with van der Waals surface area (Å²) in [6, 6.07) is 9.86. The van der Waals surface area contributed by atoms with Crippen molar-refractivity contribution in [1.29, 1.82) is 0 Å². The van der Waals surface area contributed by atoms with Crippen LogP contribution in [0.2, 0.25) is 0 Å². The van der Waals surface area contributed by atoms with Crippen LogP contribution in [0.5, 0.6) is 5.75 Å². The molecule has 0 bridgehead atoms. The van der Waals surface area contributed by atoms with Crippen LogP contribution in [0, 0.1) is 10.1 Å². The molecule has 0 amide bonds. The molecule has 112 valence electrons. The van der Waals surface area contributed by atoms with Gasteiger partial charge in [0, 0.05) is 6.07 Å². The summed E-state index contributed by atoms with van der Waals surface area (Å²) in [7, 11) is 0. The number of nitro groups is 1. The standard InChI is InChI=1S/C13H8BrN3O4S/c14-11-6-5-10(22-11)13-16-15-12(21-13)7-20-9-4-2-1-3-8(9)17(18)19/h1-6H,7H2. The number of thiophene rings is 1. The Balaban J connectivity index is 1.73. The molecule has 0 atom stereocenters. The molecule has 0 aliphatic rings. The van der Waals surface area contributed by atoms with E-state index in [1.54, 1.807) is 12.1 Å². The van der Waals surface area contributed by atoms with Gasteiger partial charge in [-0.2, -0.15) is 0 Å². The minimum Gasteiger partial charge on any atom is -0.477 e. The molecule has 0 aliphatic heterocycles. The van der Waals surface area contributed by atoms with E-state index in [1.165, 1.54) is 23.5 Å². The first-order valence-electron chi connectivity index (χ1n) is 6.08. The highest BCUT2D eigenvalue weighted by atomic mass is 79.9. The first-order chi connectivity index (χ1) is 10.6. The molecule has 0 fully saturated rings. The van der Waals surface area contributed by atoms with Crippen molar-refractivity contribution in [2.75, 3.05) is 0 Å². The Morgan fingerprint density at radius 1 is 1.27 bits per heavy atom. The Morgan fingerprint density at radius 3 is 2.82 bits per heavy atom. The fourth-order valence-electron chi connectivity index (χ4n) is 1.71. The van der Waals surface area contributed by atoms with E-state index in [0.29, 0.717) is 5.89 Å². The van der Waals surface area contributed by atoms with E-state index in [1.807, 2.05) is 12.1 Å². The molecular weight excluding hydrogens is 374 g/mol. The molecule has 2 heterocycles. The van der Waals surface area contributed by atoms with Crippen LogP contribution in [0.4, 0.5) is 5.69 Å². The molecule has 3 aromatic rings. The lowest BCUT2D eigenvalue weighted by molar-refractivity contribution is -0.386. The van der Waals surface area contributed by atoms with Gasteiger partial charge in [0.15, 0.2) is 12.4 Å². The van der Waals surface area contributed by atoms with Crippen molar-refractivity contribution in [3.8, 4) is 16.5 Å². The number of halogens is 1. The summed E-state index contributed by atoms with van der Waals surface area (Å²) < 4.78 is 11.8. The fraction of sp³-hybridized carbons (Fsp3) is 0.0769. The highest BCUT2D eigenvalue weighted by Crippen LogP contribution is 2.31. The monoisotopic (exact) mass is 381 g/mol. The van der Waals surface area contributed by atoms with Crippen LogP contribution in [-0.2, 0) is 6.61 Å². The number of aromatic nitrogens is 2. The van der Waals surface area contributed by atoms with Gasteiger partial charge in [0.1, 0.15) is 0 Å². The average Bonchev–Trinajstić information content (AvgIpc) is 3.14. The van der Waals surface area contributed by atoms with Crippen LogP contribution in [0.3, 0.4) is 0 Å². The van der Waals surface area contributed by atoms with E-state index in [-0.39, 0.29) is 23.9 Å². The van der Waals surface area contributed by atoms with E-state index in [4.69, 9.17) is 9.15 Å². The summed E-state index contributed by atoms with van der Waals surface area (Å²) in [4.78, 5) is 11.2. The van der Waals surface area contributed by atoms with Gasteiger partial charge < -0.3 is 9.15 Å². The molecule has 2 aromatic heterocycles. The number of rotatable bonds is 5. The molecule has 0 N–H and O–H groups in total. The van der Waals surface area contributed by atoms with E-state index in [2.05, 4.69) is 26.1 Å². The van der Waals surface area contributed by atoms with E-state index < -0.39 is 4.92 Å². The number of para-hydroxylation sites is 2. The van der Waals surface area contributed by atoms with Gasteiger partial charge in [0.05, 0.1) is 13.6 Å². The maximum atomic E-state index is 10.9. The zero-order valence-corrected chi connectivity index (χ0v) is 13.3. The summed E-state index contributed by atoms with van der Waals surface area (Å²) in [5.74, 6) is 0.792. The Bertz CT molecular complexity index is 817. The van der Waals surface area contributed by atoms with Crippen LogP contribution in [0.1, 0.15) is 5.89 Å². The van der Waals surface area contributed by atoms with Crippen molar-refractivity contribution in [3.63, 3.8) is 0 Å². The molecule has 0 saturated carbocycles. The third-order valence-corrected chi connectivity index (χ3v) is 4.28. The molecule has 0 unspecified atom stereocenters. The number of hydrogen-bond donors (Lipinski definition) is 0. The first kappa shape index (κ1) is 14.7. The molecule has 0 aliphatic carbocycles. The van der Waals surface area contributed by atoms with Crippen molar-refractivity contribution in [2.45, 2.75) is 6.61 Å². The molecule has 0 radical (unpaired) electrons. The summed E-state index contributed by atoms with van der Waals surface area (Å²) in [6.07, 6.45) is 0. The number of ether oxygens (including phenoxy) is 1. The molecule has 22 heavy (non-hydrogen) atoms. The Labute approximate surface area is 136 Å². The van der Waals surface area contributed by atoms with E-state index in [9.17, 15) is 10.1 Å². The second-order valence-corrected chi connectivity index (χ2v) is 6.58. The Hall–Kier alpha value is -2.26. The van der Waals surface area contributed by atoms with Crippen molar-refractivity contribution >= 4 is 33.0 Å². The van der Waals surface area contributed by atoms with Crippen LogP contribution < -0.4 is 4.74 Å². The van der Waals surface area contributed by atoms with Gasteiger partial charge >= 0.3 is 5.69 Å². The minimum absolute atomic E-state index is 0.0373. The van der Waals surface area contributed by atoms with E-state index in [0.717, 1.165) is 8.66 Å². The number of hydrogen-bond acceptors (Lipinski definition) is 7. The SMILES string of the molecule is O=[N+]([O-])c1ccccc1OCc1nnc(-c2ccc(Br)s2)o1. The molecule has 3 rings (SSSR count). The van der Waals surface area contributed by atoms with Crippen molar-refractivity contribution in [1.82, 2.24) is 10.2 Å². The normalized spacial score (nSPS) is 10.6. The third kappa shape index (κ3) is 3.15. The zero-order valence-electron chi connectivity index (χ0n) is 10.9. The predicted octanol–water partition coefficient (Wildman–Crippen LogP) is 4.05. The van der Waals surface area contributed by atoms with Gasteiger partial charge in [0.2, 0.25) is 0 Å². The molecule has 9 heteroatoms. The molecule has 0 saturated heterocycles. The quantitative estimate of drug-likeness (QED) is 0.488. The van der Waals surface area contributed by atoms with Gasteiger partial charge in [0.25, 0.3) is 11.8 Å². The lowest BCUT2D eigenvalue weighted by Gasteiger charge is -2.03. The Kier molecular flexibility index (Phi) is 4.16.